The number of nitro groups is 1. The van der Waals surface area contributed by atoms with Crippen molar-refractivity contribution in [2.45, 2.75) is 24.8 Å². The Morgan fingerprint density at radius 3 is 2.65 bits per heavy atom. The van der Waals surface area contributed by atoms with E-state index in [1.54, 1.807) is 6.92 Å². The molecule has 0 heterocycles. The highest BCUT2D eigenvalue weighted by molar-refractivity contribution is 7.89. The van der Waals surface area contributed by atoms with Crippen LogP contribution in [0.3, 0.4) is 0 Å². The van der Waals surface area contributed by atoms with Crippen LogP contribution in [0.15, 0.2) is 23.1 Å². The fraction of sp³-hybridized carbons (Fsp3) is 0.455. The lowest BCUT2D eigenvalue weighted by Crippen LogP contribution is -2.38. The molecule has 0 saturated heterocycles. The van der Waals surface area contributed by atoms with Crippen molar-refractivity contribution < 1.29 is 17.7 Å². The Kier molecular flexibility index (Phi) is 5.54. The lowest BCUT2D eigenvalue weighted by molar-refractivity contribution is -0.390. The zero-order valence-corrected chi connectivity index (χ0v) is 11.9. The van der Waals surface area contributed by atoms with E-state index in [1.807, 2.05) is 6.92 Å². The van der Waals surface area contributed by atoms with E-state index in [-0.39, 0.29) is 12.6 Å². The van der Waals surface area contributed by atoms with Gasteiger partial charge in [-0.1, -0.05) is 13.0 Å². The molecule has 7 nitrogen and oxygen atoms in total. The zero-order chi connectivity index (χ0) is 15.3. The standard InChI is InChI=1S/C11H16FN3O4S/c1-3-13-8(2)7-14-20(18,19)10-6-4-5-9(12)11(10)15(16)17/h4-6,8,13-14H,3,7H2,1-2H3/t8-/m1/s1. The average Bonchev–Trinajstić information content (AvgIpc) is 2.36. The molecule has 0 aliphatic carbocycles. The fourth-order valence-corrected chi connectivity index (χ4v) is 2.93. The molecule has 0 radical (unpaired) electrons. The molecule has 1 atom stereocenters. The number of nitrogens with zero attached hydrogens (tertiary/aromatic N) is 1. The van der Waals surface area contributed by atoms with Crippen molar-refractivity contribution in [2.75, 3.05) is 13.1 Å². The predicted octanol–water partition coefficient (Wildman–Crippen LogP) is 1.01. The summed E-state index contributed by atoms with van der Waals surface area (Å²) in [6.45, 7) is 4.32. The summed E-state index contributed by atoms with van der Waals surface area (Å²) >= 11 is 0. The molecule has 112 valence electrons. The van der Waals surface area contributed by atoms with Crippen LogP contribution in [0.4, 0.5) is 10.1 Å². The monoisotopic (exact) mass is 305 g/mol. The zero-order valence-electron chi connectivity index (χ0n) is 11.1. The van der Waals surface area contributed by atoms with E-state index in [1.165, 1.54) is 0 Å². The average molecular weight is 305 g/mol. The predicted molar refractivity (Wildman–Crippen MR) is 71.4 cm³/mol. The first-order valence-corrected chi connectivity index (χ1v) is 7.43. The summed E-state index contributed by atoms with van der Waals surface area (Å²) in [4.78, 5) is 9.07. The van der Waals surface area contributed by atoms with E-state index < -0.39 is 31.3 Å². The molecule has 1 aromatic carbocycles. The van der Waals surface area contributed by atoms with Crippen LogP contribution >= 0.6 is 0 Å². The van der Waals surface area contributed by atoms with Gasteiger partial charge >= 0.3 is 5.69 Å². The van der Waals surface area contributed by atoms with Crippen LogP contribution in [0.25, 0.3) is 0 Å². The Balaban J connectivity index is 3.04. The summed E-state index contributed by atoms with van der Waals surface area (Å²) in [5.74, 6) is -1.18. The second-order valence-corrected chi connectivity index (χ2v) is 5.89. The number of hydrogen-bond donors (Lipinski definition) is 2. The first-order chi connectivity index (χ1) is 9.29. The first-order valence-electron chi connectivity index (χ1n) is 5.95. The van der Waals surface area contributed by atoms with Crippen LogP contribution in [0, 0.1) is 15.9 Å². The molecule has 0 unspecified atom stereocenters. The maximum absolute atomic E-state index is 13.4. The Morgan fingerprint density at radius 1 is 1.45 bits per heavy atom. The highest BCUT2D eigenvalue weighted by atomic mass is 32.2. The topological polar surface area (TPSA) is 101 Å². The van der Waals surface area contributed by atoms with E-state index in [9.17, 15) is 22.9 Å². The summed E-state index contributed by atoms with van der Waals surface area (Å²) in [5.41, 5.74) is -1.05. The molecule has 1 rings (SSSR count). The maximum Gasteiger partial charge on any atom is 0.324 e. The van der Waals surface area contributed by atoms with Gasteiger partial charge in [-0.15, -0.1) is 0 Å². The van der Waals surface area contributed by atoms with Crippen LogP contribution in [-0.2, 0) is 10.0 Å². The molecule has 0 saturated carbocycles. The van der Waals surface area contributed by atoms with Crippen molar-refractivity contribution in [1.82, 2.24) is 10.0 Å². The van der Waals surface area contributed by atoms with Gasteiger partial charge in [-0.3, -0.25) is 10.1 Å². The minimum Gasteiger partial charge on any atom is -0.313 e. The second-order valence-electron chi connectivity index (χ2n) is 4.15. The van der Waals surface area contributed by atoms with Gasteiger partial charge in [0.2, 0.25) is 15.8 Å². The molecule has 0 spiro atoms. The number of benzene rings is 1. The summed E-state index contributed by atoms with van der Waals surface area (Å²) in [7, 11) is -4.14. The molecule has 0 aliphatic rings. The minimum absolute atomic E-state index is 0.0455. The highest BCUT2D eigenvalue weighted by Crippen LogP contribution is 2.26. The van der Waals surface area contributed by atoms with Crippen molar-refractivity contribution in [3.63, 3.8) is 0 Å². The van der Waals surface area contributed by atoms with Crippen molar-refractivity contribution in [1.29, 1.82) is 0 Å². The fourth-order valence-electron chi connectivity index (χ4n) is 1.62. The summed E-state index contributed by atoms with van der Waals surface area (Å²) in [5, 5.41) is 13.8. The molecule has 20 heavy (non-hydrogen) atoms. The molecule has 0 fully saturated rings. The molecule has 0 amide bonds. The smallest absolute Gasteiger partial charge is 0.313 e. The lowest BCUT2D eigenvalue weighted by atomic mass is 10.3. The number of hydrogen-bond acceptors (Lipinski definition) is 5. The third-order valence-corrected chi connectivity index (χ3v) is 4.01. The highest BCUT2D eigenvalue weighted by Gasteiger charge is 2.29. The minimum atomic E-state index is -4.14. The summed E-state index contributed by atoms with van der Waals surface area (Å²) < 4.78 is 39.6. The molecular formula is C11H16FN3O4S. The van der Waals surface area contributed by atoms with Crippen LogP contribution < -0.4 is 10.0 Å². The van der Waals surface area contributed by atoms with Gasteiger partial charge in [0, 0.05) is 12.6 Å². The number of para-hydroxylation sites is 1. The van der Waals surface area contributed by atoms with Gasteiger partial charge < -0.3 is 5.32 Å². The molecule has 2 N–H and O–H groups in total. The van der Waals surface area contributed by atoms with Gasteiger partial charge in [-0.05, 0) is 25.6 Å². The number of rotatable bonds is 7. The third kappa shape index (κ3) is 3.95. The number of nitro benzene ring substituents is 1. The van der Waals surface area contributed by atoms with Crippen molar-refractivity contribution in [3.8, 4) is 0 Å². The van der Waals surface area contributed by atoms with Gasteiger partial charge in [0.1, 0.15) is 0 Å². The van der Waals surface area contributed by atoms with E-state index in [0.29, 0.717) is 6.54 Å². The molecule has 1 aromatic rings. The van der Waals surface area contributed by atoms with Gasteiger partial charge in [0.15, 0.2) is 4.90 Å². The molecule has 0 bridgehead atoms. The number of nitrogens with one attached hydrogen (secondary N) is 2. The van der Waals surface area contributed by atoms with Crippen LogP contribution in [0.5, 0.6) is 0 Å². The van der Waals surface area contributed by atoms with Crippen molar-refractivity contribution in [3.05, 3.63) is 34.1 Å². The molecule has 9 heteroatoms. The number of likely N-dealkylation sites (N-methyl/N-ethyl adjacent to an activating group) is 1. The van der Waals surface area contributed by atoms with Gasteiger partial charge in [0.25, 0.3) is 0 Å². The normalized spacial score (nSPS) is 13.2. The first kappa shape index (κ1) is 16.5. The summed E-state index contributed by atoms with van der Waals surface area (Å²) in [6, 6.07) is 2.81. The van der Waals surface area contributed by atoms with Crippen molar-refractivity contribution >= 4 is 15.7 Å². The maximum atomic E-state index is 13.4. The Labute approximate surface area is 116 Å². The summed E-state index contributed by atoms with van der Waals surface area (Å²) in [6.07, 6.45) is 0. The Hall–Kier alpha value is -1.58. The Morgan fingerprint density at radius 2 is 2.10 bits per heavy atom. The third-order valence-electron chi connectivity index (χ3n) is 2.55. The quantitative estimate of drug-likeness (QED) is 0.578. The van der Waals surface area contributed by atoms with E-state index in [4.69, 9.17) is 0 Å². The van der Waals surface area contributed by atoms with Gasteiger partial charge in [0.05, 0.1) is 4.92 Å². The van der Waals surface area contributed by atoms with Crippen LogP contribution in [-0.4, -0.2) is 32.5 Å². The number of sulfonamides is 1. The van der Waals surface area contributed by atoms with Crippen LogP contribution in [0.1, 0.15) is 13.8 Å². The molecule has 0 aromatic heterocycles. The van der Waals surface area contributed by atoms with Crippen LogP contribution in [0.2, 0.25) is 0 Å². The molecule has 0 aliphatic heterocycles. The Bertz CT molecular complexity index is 591. The van der Waals surface area contributed by atoms with E-state index in [0.717, 1.165) is 18.2 Å². The SMILES string of the molecule is CCN[C@H](C)CNS(=O)(=O)c1cccc(F)c1[N+](=O)[O-]. The largest absolute Gasteiger partial charge is 0.324 e. The second kappa shape index (κ2) is 6.73. The van der Waals surface area contributed by atoms with Gasteiger partial charge in [-0.25, -0.2) is 13.1 Å². The van der Waals surface area contributed by atoms with E-state index >= 15 is 0 Å². The van der Waals surface area contributed by atoms with Gasteiger partial charge in [-0.2, -0.15) is 4.39 Å². The number of halogens is 1. The van der Waals surface area contributed by atoms with E-state index in [2.05, 4.69) is 10.0 Å². The lowest BCUT2D eigenvalue weighted by Gasteiger charge is -2.13. The molecular weight excluding hydrogens is 289 g/mol. The van der Waals surface area contributed by atoms with Crippen molar-refractivity contribution in [2.24, 2.45) is 0 Å².